The molecule has 3 aromatic rings. The van der Waals surface area contributed by atoms with Gasteiger partial charge in [-0.05, 0) is 31.2 Å². The van der Waals surface area contributed by atoms with Crippen LogP contribution in [-0.2, 0) is 20.7 Å². The molecule has 1 aromatic heterocycles. The second-order valence-electron chi connectivity index (χ2n) is 5.89. The van der Waals surface area contributed by atoms with Gasteiger partial charge in [0.05, 0.1) is 12.1 Å². The highest BCUT2D eigenvalue weighted by atomic mass is 16.5. The molecule has 1 N–H and O–H groups in total. The van der Waals surface area contributed by atoms with E-state index in [1.807, 2.05) is 18.2 Å². The fraction of sp³-hybridized carbons (Fsp3) is 0.200. The molecule has 27 heavy (non-hydrogen) atoms. The molecule has 2 aromatic carbocycles. The van der Waals surface area contributed by atoms with Gasteiger partial charge in [0.1, 0.15) is 5.52 Å². The van der Waals surface area contributed by atoms with Crippen LogP contribution in [0.15, 0.2) is 52.9 Å². The minimum atomic E-state index is -0.535. The van der Waals surface area contributed by atoms with Gasteiger partial charge in [-0.15, -0.1) is 0 Å². The summed E-state index contributed by atoms with van der Waals surface area (Å²) in [5, 5.41) is 2.57. The molecule has 0 saturated heterocycles. The Morgan fingerprint density at radius 1 is 1.07 bits per heavy atom. The number of carbonyl (C=O) groups excluding carboxylic acids is 3. The van der Waals surface area contributed by atoms with Crippen molar-refractivity contribution in [3.05, 3.63) is 60.0 Å². The largest absolute Gasteiger partial charge is 0.456 e. The Labute approximate surface area is 155 Å². The van der Waals surface area contributed by atoms with Gasteiger partial charge in [0, 0.05) is 12.0 Å². The van der Waals surface area contributed by atoms with Crippen molar-refractivity contribution in [1.82, 2.24) is 4.98 Å². The van der Waals surface area contributed by atoms with Crippen molar-refractivity contribution < 1.29 is 23.5 Å². The van der Waals surface area contributed by atoms with E-state index in [4.69, 9.17) is 9.15 Å². The van der Waals surface area contributed by atoms with Gasteiger partial charge >= 0.3 is 5.97 Å². The van der Waals surface area contributed by atoms with Crippen molar-refractivity contribution >= 4 is 34.4 Å². The number of Topliss-reactive ketones (excluding diaryl/α,β-unsaturated/α-hetero) is 1. The topological polar surface area (TPSA) is 98.5 Å². The van der Waals surface area contributed by atoms with Gasteiger partial charge in [-0.2, -0.15) is 0 Å². The predicted molar refractivity (Wildman–Crippen MR) is 98.4 cm³/mol. The zero-order chi connectivity index (χ0) is 19.2. The van der Waals surface area contributed by atoms with E-state index < -0.39 is 18.5 Å². The van der Waals surface area contributed by atoms with Crippen molar-refractivity contribution in [1.29, 1.82) is 0 Å². The van der Waals surface area contributed by atoms with E-state index >= 15 is 0 Å². The quantitative estimate of drug-likeness (QED) is 0.509. The molecule has 0 radical (unpaired) electrons. The number of hydrogen-bond acceptors (Lipinski definition) is 6. The molecule has 3 rings (SSSR count). The zero-order valence-corrected chi connectivity index (χ0v) is 14.7. The van der Waals surface area contributed by atoms with Crippen LogP contribution in [0.1, 0.15) is 29.6 Å². The van der Waals surface area contributed by atoms with Crippen LogP contribution in [0, 0.1) is 0 Å². The molecule has 0 aliphatic carbocycles. The standard InChI is InChI=1S/C20H18N2O5/c1-13(23)14-6-2-3-7-15(14)21-18(24)12-26-20(25)11-10-19-22-16-8-4-5-9-17(16)27-19/h2-9H,10-12H2,1H3,(H,21,24). The summed E-state index contributed by atoms with van der Waals surface area (Å²) in [4.78, 5) is 39.6. The molecule has 7 heteroatoms. The smallest absolute Gasteiger partial charge is 0.306 e. The average molecular weight is 366 g/mol. The number of oxazole rings is 1. The van der Waals surface area contributed by atoms with Gasteiger partial charge in [-0.1, -0.05) is 24.3 Å². The predicted octanol–water partition coefficient (Wildman–Crippen LogP) is 3.14. The number of esters is 1. The van der Waals surface area contributed by atoms with Gasteiger partial charge in [0.15, 0.2) is 23.9 Å². The molecule has 7 nitrogen and oxygen atoms in total. The number of ketones is 1. The molecular weight excluding hydrogens is 348 g/mol. The Kier molecular flexibility index (Phi) is 5.61. The van der Waals surface area contributed by atoms with Crippen LogP contribution in [0.2, 0.25) is 0 Å². The summed E-state index contributed by atoms with van der Waals surface area (Å²) in [5.74, 6) is -0.777. The maximum Gasteiger partial charge on any atom is 0.306 e. The number of carbonyl (C=O) groups is 3. The summed E-state index contributed by atoms with van der Waals surface area (Å²) in [6, 6.07) is 14.0. The Morgan fingerprint density at radius 2 is 1.81 bits per heavy atom. The third-order valence-electron chi connectivity index (χ3n) is 3.83. The molecule has 0 unspecified atom stereocenters. The Hall–Kier alpha value is -3.48. The van der Waals surface area contributed by atoms with Gasteiger partial charge < -0.3 is 14.5 Å². The van der Waals surface area contributed by atoms with Gasteiger partial charge in [0.25, 0.3) is 5.91 Å². The number of aromatic nitrogens is 1. The molecule has 0 bridgehead atoms. The van der Waals surface area contributed by atoms with Crippen LogP contribution < -0.4 is 5.32 Å². The first-order valence-electron chi connectivity index (χ1n) is 8.43. The summed E-state index contributed by atoms with van der Waals surface area (Å²) >= 11 is 0. The molecule has 0 atom stereocenters. The fourth-order valence-electron chi connectivity index (χ4n) is 2.54. The molecular formula is C20H18N2O5. The summed E-state index contributed by atoms with van der Waals surface area (Å²) in [6.07, 6.45) is 0.326. The molecule has 1 amide bonds. The maximum absolute atomic E-state index is 12.0. The number of fused-ring (bicyclic) bond motifs is 1. The number of amides is 1. The van der Waals surface area contributed by atoms with Crippen molar-refractivity contribution in [2.24, 2.45) is 0 Å². The number of benzene rings is 2. The lowest BCUT2D eigenvalue weighted by atomic mass is 10.1. The number of aryl methyl sites for hydroxylation is 1. The Balaban J connectivity index is 1.47. The van der Waals surface area contributed by atoms with E-state index in [0.29, 0.717) is 22.7 Å². The van der Waals surface area contributed by atoms with Crippen molar-refractivity contribution in [3.8, 4) is 0 Å². The number of rotatable bonds is 7. The lowest BCUT2D eigenvalue weighted by Gasteiger charge is -2.09. The third kappa shape index (κ3) is 4.78. The maximum atomic E-state index is 12.0. The molecule has 138 valence electrons. The number of nitrogens with zero attached hydrogens (tertiary/aromatic N) is 1. The molecule has 1 heterocycles. The van der Waals surface area contributed by atoms with Crippen molar-refractivity contribution in [2.45, 2.75) is 19.8 Å². The van der Waals surface area contributed by atoms with Crippen LogP contribution in [0.5, 0.6) is 0 Å². The molecule has 0 fully saturated rings. The molecule has 0 aliphatic rings. The lowest BCUT2D eigenvalue weighted by molar-refractivity contribution is -0.147. The first kappa shape index (κ1) is 18.3. The van der Waals surface area contributed by atoms with E-state index in [2.05, 4.69) is 10.3 Å². The summed E-state index contributed by atoms with van der Waals surface area (Å²) in [5.41, 5.74) is 2.17. The fourth-order valence-corrected chi connectivity index (χ4v) is 2.54. The van der Waals surface area contributed by atoms with Gasteiger partial charge in [-0.25, -0.2) is 4.98 Å². The van der Waals surface area contributed by atoms with Gasteiger partial charge in [-0.3, -0.25) is 14.4 Å². The van der Waals surface area contributed by atoms with Crippen LogP contribution >= 0.6 is 0 Å². The zero-order valence-electron chi connectivity index (χ0n) is 14.7. The van der Waals surface area contributed by atoms with Crippen molar-refractivity contribution in [3.63, 3.8) is 0 Å². The molecule has 0 saturated carbocycles. The molecule has 0 aliphatic heterocycles. The Bertz CT molecular complexity index is 960. The van der Waals surface area contributed by atoms with E-state index in [1.165, 1.54) is 6.92 Å². The molecule has 0 spiro atoms. The number of hydrogen-bond donors (Lipinski definition) is 1. The first-order chi connectivity index (χ1) is 13.0. The van der Waals surface area contributed by atoms with E-state index in [9.17, 15) is 14.4 Å². The minimum Gasteiger partial charge on any atom is -0.456 e. The summed E-state index contributed by atoms with van der Waals surface area (Å²) in [6.45, 7) is 0.982. The minimum absolute atomic E-state index is 0.0458. The third-order valence-corrected chi connectivity index (χ3v) is 3.83. The lowest BCUT2D eigenvalue weighted by Crippen LogP contribution is -2.22. The monoisotopic (exact) mass is 366 g/mol. The second-order valence-corrected chi connectivity index (χ2v) is 5.89. The average Bonchev–Trinajstić information content (AvgIpc) is 3.08. The van der Waals surface area contributed by atoms with E-state index in [0.717, 1.165) is 5.52 Å². The summed E-state index contributed by atoms with van der Waals surface area (Å²) in [7, 11) is 0. The van der Waals surface area contributed by atoms with Crippen LogP contribution in [0.3, 0.4) is 0 Å². The van der Waals surface area contributed by atoms with Gasteiger partial charge in [0.2, 0.25) is 0 Å². The Morgan fingerprint density at radius 3 is 2.59 bits per heavy atom. The highest BCUT2D eigenvalue weighted by Crippen LogP contribution is 2.16. The number of ether oxygens (including phenoxy) is 1. The SMILES string of the molecule is CC(=O)c1ccccc1NC(=O)COC(=O)CCc1nc2ccccc2o1. The van der Waals surface area contributed by atoms with Crippen molar-refractivity contribution in [2.75, 3.05) is 11.9 Å². The second kappa shape index (κ2) is 8.27. The number of anilines is 1. The number of para-hydroxylation sites is 3. The first-order valence-corrected chi connectivity index (χ1v) is 8.43. The van der Waals surface area contributed by atoms with Crippen LogP contribution in [0.25, 0.3) is 11.1 Å². The van der Waals surface area contributed by atoms with Crippen LogP contribution in [-0.4, -0.2) is 29.3 Å². The van der Waals surface area contributed by atoms with E-state index in [-0.39, 0.29) is 18.6 Å². The van der Waals surface area contributed by atoms with Crippen LogP contribution in [0.4, 0.5) is 5.69 Å². The summed E-state index contributed by atoms with van der Waals surface area (Å²) < 4.78 is 10.5. The van der Waals surface area contributed by atoms with E-state index in [1.54, 1.807) is 30.3 Å². The highest BCUT2D eigenvalue weighted by molar-refractivity contribution is 6.04. The normalized spacial score (nSPS) is 10.6. The number of nitrogens with one attached hydrogen (secondary N) is 1. The highest BCUT2D eigenvalue weighted by Gasteiger charge is 2.13.